The first-order valence-corrected chi connectivity index (χ1v) is 8.77. The molecule has 7 heteroatoms. The zero-order valence-electron chi connectivity index (χ0n) is 14.3. The third-order valence-electron chi connectivity index (χ3n) is 3.70. The number of carbonyl (C=O) groups excluding carboxylic acids is 2. The molecule has 1 aromatic rings. The number of hydrogen-bond acceptors (Lipinski definition) is 4. The van der Waals surface area contributed by atoms with Crippen LogP contribution in [0.2, 0.25) is 0 Å². The number of ether oxygens (including phenoxy) is 1. The van der Waals surface area contributed by atoms with Crippen LogP contribution in [0.3, 0.4) is 0 Å². The van der Waals surface area contributed by atoms with Gasteiger partial charge in [0.05, 0.1) is 0 Å². The van der Waals surface area contributed by atoms with Gasteiger partial charge in [-0.1, -0.05) is 15.9 Å². The average molecular weight is 398 g/mol. The Morgan fingerprint density at radius 2 is 1.96 bits per heavy atom. The van der Waals surface area contributed by atoms with Crippen LogP contribution in [0.25, 0.3) is 0 Å². The summed E-state index contributed by atoms with van der Waals surface area (Å²) in [4.78, 5) is 26.8. The maximum Gasteiger partial charge on any atom is 0.410 e. The molecule has 1 aliphatic heterocycles. The minimum absolute atomic E-state index is 0.257. The molecule has 0 bridgehead atoms. The average Bonchev–Trinajstić information content (AvgIpc) is 2.49. The van der Waals surface area contributed by atoms with Gasteiger partial charge in [-0.3, -0.25) is 9.69 Å². The minimum atomic E-state index is -0.472. The number of nitrogens with one attached hydrogen (secondary N) is 1. The van der Waals surface area contributed by atoms with Crippen LogP contribution in [0.5, 0.6) is 0 Å². The Bertz CT molecular complexity index is 593. The smallest absolute Gasteiger partial charge is 0.410 e. The molecule has 0 aromatic heterocycles. The molecule has 1 saturated heterocycles. The maximum atomic E-state index is 12.1. The minimum Gasteiger partial charge on any atom is -0.444 e. The van der Waals surface area contributed by atoms with Crippen LogP contribution in [0.1, 0.15) is 26.3 Å². The lowest BCUT2D eigenvalue weighted by molar-refractivity contribution is -0.105. The normalized spacial score (nSPS) is 15.9. The lowest BCUT2D eigenvalue weighted by atomic mass is 10.1. The van der Waals surface area contributed by atoms with Gasteiger partial charge in [0.15, 0.2) is 0 Å². The van der Waals surface area contributed by atoms with Crippen molar-refractivity contribution in [2.45, 2.75) is 32.9 Å². The fourth-order valence-electron chi connectivity index (χ4n) is 2.55. The molecular formula is C17H24BrN3O3. The number of hydrogen-bond donors (Lipinski definition) is 1. The standard InChI is InChI=1S/C17H24BrN3O3/c1-17(2,3)24-16(23)21-8-6-20(7-9-21)11-13-10-14(18)4-5-15(13)19-12-22/h4-5,10,12H,6-9,11H2,1-3H3,(H,19,22). The van der Waals surface area contributed by atoms with Gasteiger partial charge in [-0.05, 0) is 44.5 Å². The Morgan fingerprint density at radius 1 is 1.29 bits per heavy atom. The molecule has 1 aliphatic rings. The lowest BCUT2D eigenvalue weighted by Gasteiger charge is -2.35. The largest absolute Gasteiger partial charge is 0.444 e. The van der Waals surface area contributed by atoms with E-state index in [4.69, 9.17) is 4.74 Å². The van der Waals surface area contributed by atoms with Gasteiger partial charge >= 0.3 is 6.09 Å². The first-order valence-electron chi connectivity index (χ1n) is 7.97. The highest BCUT2D eigenvalue weighted by Crippen LogP contribution is 2.23. The molecule has 0 aliphatic carbocycles. The van der Waals surface area contributed by atoms with Gasteiger partial charge in [0.1, 0.15) is 5.60 Å². The molecule has 1 fully saturated rings. The lowest BCUT2D eigenvalue weighted by Crippen LogP contribution is -2.49. The Labute approximate surface area is 151 Å². The molecule has 2 rings (SSSR count). The van der Waals surface area contributed by atoms with E-state index in [-0.39, 0.29) is 6.09 Å². The van der Waals surface area contributed by atoms with Crippen LogP contribution in [-0.2, 0) is 16.1 Å². The van der Waals surface area contributed by atoms with Crippen molar-refractivity contribution < 1.29 is 14.3 Å². The molecule has 0 saturated carbocycles. The zero-order chi connectivity index (χ0) is 17.7. The number of piperazine rings is 1. The summed E-state index contributed by atoms with van der Waals surface area (Å²) in [5, 5.41) is 2.73. The third kappa shape index (κ3) is 5.49. The molecular weight excluding hydrogens is 374 g/mol. The number of amides is 2. The SMILES string of the molecule is CC(C)(C)OC(=O)N1CCN(Cc2cc(Br)ccc2NC=O)CC1. The summed E-state index contributed by atoms with van der Waals surface area (Å²) in [5.41, 5.74) is 1.38. The van der Waals surface area contributed by atoms with Crippen molar-refractivity contribution in [3.05, 3.63) is 28.2 Å². The molecule has 0 atom stereocenters. The molecule has 24 heavy (non-hydrogen) atoms. The van der Waals surface area contributed by atoms with E-state index in [0.29, 0.717) is 19.5 Å². The van der Waals surface area contributed by atoms with Gasteiger partial charge in [0, 0.05) is 42.9 Å². The topological polar surface area (TPSA) is 61.9 Å². The summed E-state index contributed by atoms with van der Waals surface area (Å²) in [6.45, 7) is 9.15. The van der Waals surface area contributed by atoms with Crippen molar-refractivity contribution in [2.75, 3.05) is 31.5 Å². The predicted octanol–water partition coefficient (Wildman–Crippen LogP) is 3.07. The predicted molar refractivity (Wildman–Crippen MR) is 96.9 cm³/mol. The van der Waals surface area contributed by atoms with E-state index in [9.17, 15) is 9.59 Å². The summed E-state index contributed by atoms with van der Waals surface area (Å²) < 4.78 is 6.38. The van der Waals surface area contributed by atoms with E-state index in [2.05, 4.69) is 26.1 Å². The number of nitrogens with zero attached hydrogens (tertiary/aromatic N) is 2. The van der Waals surface area contributed by atoms with Gasteiger partial charge in [-0.25, -0.2) is 4.79 Å². The zero-order valence-corrected chi connectivity index (χ0v) is 15.9. The number of rotatable bonds is 4. The molecule has 0 radical (unpaired) electrons. The van der Waals surface area contributed by atoms with E-state index in [1.807, 2.05) is 39.0 Å². The fourth-order valence-corrected chi connectivity index (χ4v) is 2.96. The summed E-state index contributed by atoms with van der Waals surface area (Å²) in [6, 6.07) is 5.78. The molecule has 6 nitrogen and oxygen atoms in total. The highest BCUT2D eigenvalue weighted by Gasteiger charge is 2.26. The molecule has 0 spiro atoms. The second kappa shape index (κ2) is 7.98. The third-order valence-corrected chi connectivity index (χ3v) is 4.19. The first kappa shape index (κ1) is 18.7. The van der Waals surface area contributed by atoms with E-state index in [1.54, 1.807) is 4.90 Å². The molecule has 132 valence electrons. The molecule has 1 aromatic carbocycles. The van der Waals surface area contributed by atoms with Gasteiger partial charge in [0.2, 0.25) is 6.41 Å². The number of anilines is 1. The van der Waals surface area contributed by atoms with Crippen molar-refractivity contribution >= 4 is 34.1 Å². The quantitative estimate of drug-likeness (QED) is 0.792. The highest BCUT2D eigenvalue weighted by molar-refractivity contribution is 9.10. The van der Waals surface area contributed by atoms with Gasteiger partial charge < -0.3 is 15.0 Å². The summed E-state index contributed by atoms with van der Waals surface area (Å²) >= 11 is 3.46. The molecule has 1 N–H and O–H groups in total. The van der Waals surface area contributed by atoms with Crippen LogP contribution in [0.15, 0.2) is 22.7 Å². The van der Waals surface area contributed by atoms with Gasteiger partial charge in [-0.2, -0.15) is 0 Å². The molecule has 2 amide bonds. The summed E-state index contributed by atoms with van der Waals surface area (Å²) in [5.74, 6) is 0. The first-order chi connectivity index (χ1) is 11.3. The Morgan fingerprint density at radius 3 is 2.54 bits per heavy atom. The van der Waals surface area contributed by atoms with Crippen LogP contribution in [0, 0.1) is 0 Å². The monoisotopic (exact) mass is 397 g/mol. The van der Waals surface area contributed by atoms with E-state index in [1.165, 1.54) is 0 Å². The van der Waals surface area contributed by atoms with Crippen molar-refractivity contribution in [2.24, 2.45) is 0 Å². The van der Waals surface area contributed by atoms with Crippen LogP contribution in [-0.4, -0.2) is 54.1 Å². The number of halogens is 1. The van der Waals surface area contributed by atoms with E-state index < -0.39 is 5.60 Å². The van der Waals surface area contributed by atoms with E-state index >= 15 is 0 Å². The van der Waals surface area contributed by atoms with Crippen LogP contribution in [0.4, 0.5) is 10.5 Å². The Hall–Kier alpha value is -1.60. The van der Waals surface area contributed by atoms with E-state index in [0.717, 1.165) is 35.4 Å². The Kier molecular flexibility index (Phi) is 6.23. The fraction of sp³-hybridized carbons (Fsp3) is 0.529. The molecule has 0 unspecified atom stereocenters. The summed E-state index contributed by atoms with van der Waals surface area (Å²) in [7, 11) is 0. The van der Waals surface area contributed by atoms with Crippen molar-refractivity contribution in [3.63, 3.8) is 0 Å². The number of carbonyl (C=O) groups is 2. The van der Waals surface area contributed by atoms with Crippen molar-refractivity contribution in [1.82, 2.24) is 9.80 Å². The van der Waals surface area contributed by atoms with Crippen molar-refractivity contribution in [1.29, 1.82) is 0 Å². The van der Waals surface area contributed by atoms with Crippen LogP contribution >= 0.6 is 15.9 Å². The number of benzene rings is 1. The second-order valence-corrected chi connectivity index (χ2v) is 7.72. The second-order valence-electron chi connectivity index (χ2n) is 6.81. The van der Waals surface area contributed by atoms with Crippen LogP contribution < -0.4 is 5.32 Å². The molecule has 1 heterocycles. The van der Waals surface area contributed by atoms with Gasteiger partial charge in [-0.15, -0.1) is 0 Å². The van der Waals surface area contributed by atoms with Gasteiger partial charge in [0.25, 0.3) is 0 Å². The van der Waals surface area contributed by atoms with Crippen molar-refractivity contribution in [3.8, 4) is 0 Å². The Balaban J connectivity index is 1.93. The highest BCUT2D eigenvalue weighted by atomic mass is 79.9. The maximum absolute atomic E-state index is 12.1. The summed E-state index contributed by atoms with van der Waals surface area (Å²) in [6.07, 6.45) is 0.431.